The third kappa shape index (κ3) is 4.72. The zero-order chi connectivity index (χ0) is 21.6. The van der Waals surface area contributed by atoms with E-state index in [0.29, 0.717) is 0 Å². The van der Waals surface area contributed by atoms with Crippen molar-refractivity contribution in [1.82, 2.24) is 4.90 Å². The highest BCUT2D eigenvalue weighted by Crippen LogP contribution is 2.45. The Kier molecular flexibility index (Phi) is 6.83. The molecule has 1 fully saturated rings. The first kappa shape index (κ1) is 21.3. The lowest BCUT2D eigenvalue weighted by atomic mass is 9.86. The predicted molar refractivity (Wildman–Crippen MR) is 125 cm³/mol. The number of benzene rings is 3. The van der Waals surface area contributed by atoms with Gasteiger partial charge in [-0.25, -0.2) is 0 Å². The molecule has 0 amide bonds. The van der Waals surface area contributed by atoms with Gasteiger partial charge in [0.2, 0.25) is 0 Å². The van der Waals surface area contributed by atoms with Crippen LogP contribution in [0.15, 0.2) is 91.0 Å². The molecule has 3 aromatic carbocycles. The number of methoxy groups -OCH3 is 1. The van der Waals surface area contributed by atoms with Crippen LogP contribution in [-0.4, -0.2) is 24.0 Å². The standard InChI is InChI=1S/C28H31NO2/c1-21(23-14-8-4-9-15-23)29(20-22-12-6-3-7-13-22)26-19-18-25(27(26)28(30)31-2)24-16-10-5-11-17-24/h3-17,21,25-27H,18-20H2,1-2H3/t21-,25+,26?,27+/m0/s1. The van der Waals surface area contributed by atoms with Gasteiger partial charge in [-0.2, -0.15) is 0 Å². The van der Waals surface area contributed by atoms with E-state index in [1.54, 1.807) is 0 Å². The molecular weight excluding hydrogens is 382 g/mol. The van der Waals surface area contributed by atoms with E-state index in [2.05, 4.69) is 90.7 Å². The van der Waals surface area contributed by atoms with Gasteiger partial charge in [0.15, 0.2) is 0 Å². The Morgan fingerprint density at radius 3 is 2.10 bits per heavy atom. The van der Waals surface area contributed by atoms with Crippen LogP contribution in [0.2, 0.25) is 0 Å². The molecule has 0 aromatic heterocycles. The van der Waals surface area contributed by atoms with Gasteiger partial charge in [0.1, 0.15) is 0 Å². The minimum Gasteiger partial charge on any atom is -0.469 e. The lowest BCUT2D eigenvalue weighted by molar-refractivity contribution is -0.148. The first-order chi connectivity index (χ1) is 15.2. The summed E-state index contributed by atoms with van der Waals surface area (Å²) in [5, 5.41) is 0. The Morgan fingerprint density at radius 2 is 1.48 bits per heavy atom. The van der Waals surface area contributed by atoms with Crippen molar-refractivity contribution in [1.29, 1.82) is 0 Å². The van der Waals surface area contributed by atoms with Gasteiger partial charge in [-0.3, -0.25) is 9.69 Å². The second-order valence-electron chi connectivity index (χ2n) is 8.46. The summed E-state index contributed by atoms with van der Waals surface area (Å²) in [7, 11) is 1.52. The van der Waals surface area contributed by atoms with Crippen molar-refractivity contribution in [2.45, 2.75) is 44.3 Å². The Hall–Kier alpha value is -2.91. The average Bonchev–Trinajstić information content (AvgIpc) is 3.28. The minimum absolute atomic E-state index is 0.102. The molecule has 1 aliphatic carbocycles. The van der Waals surface area contributed by atoms with Crippen LogP contribution in [0, 0.1) is 5.92 Å². The summed E-state index contributed by atoms with van der Waals surface area (Å²) in [6, 6.07) is 31.9. The molecule has 4 atom stereocenters. The fraction of sp³-hybridized carbons (Fsp3) is 0.321. The number of hydrogen-bond donors (Lipinski definition) is 0. The molecule has 1 aliphatic rings. The van der Waals surface area contributed by atoms with Crippen molar-refractivity contribution >= 4 is 5.97 Å². The maximum Gasteiger partial charge on any atom is 0.310 e. The molecule has 0 bridgehead atoms. The van der Waals surface area contributed by atoms with Crippen LogP contribution in [0.1, 0.15) is 48.4 Å². The van der Waals surface area contributed by atoms with E-state index in [-0.39, 0.29) is 29.9 Å². The summed E-state index contributed by atoms with van der Waals surface area (Å²) in [5.74, 6) is -0.100. The van der Waals surface area contributed by atoms with Gasteiger partial charge in [-0.05, 0) is 42.4 Å². The zero-order valence-electron chi connectivity index (χ0n) is 18.4. The van der Waals surface area contributed by atoms with Crippen molar-refractivity contribution in [3.8, 4) is 0 Å². The molecular formula is C28H31NO2. The van der Waals surface area contributed by atoms with Gasteiger partial charge >= 0.3 is 5.97 Å². The molecule has 3 aromatic rings. The van der Waals surface area contributed by atoms with Gasteiger partial charge in [-0.15, -0.1) is 0 Å². The van der Waals surface area contributed by atoms with Crippen molar-refractivity contribution < 1.29 is 9.53 Å². The zero-order valence-corrected chi connectivity index (χ0v) is 18.4. The molecule has 3 nitrogen and oxygen atoms in total. The molecule has 1 unspecified atom stereocenters. The molecule has 4 rings (SSSR count). The maximum absolute atomic E-state index is 13.1. The van der Waals surface area contributed by atoms with Crippen LogP contribution in [0.25, 0.3) is 0 Å². The highest BCUT2D eigenvalue weighted by Gasteiger charge is 2.46. The van der Waals surface area contributed by atoms with Gasteiger partial charge in [0.25, 0.3) is 0 Å². The summed E-state index contributed by atoms with van der Waals surface area (Å²) in [6.45, 7) is 3.05. The Balaban J connectivity index is 1.71. The van der Waals surface area contributed by atoms with Crippen molar-refractivity contribution in [2.24, 2.45) is 5.92 Å². The van der Waals surface area contributed by atoms with Crippen molar-refractivity contribution in [3.05, 3.63) is 108 Å². The SMILES string of the molecule is COC(=O)[C@H]1C(N(Cc2ccccc2)[C@@H](C)c2ccccc2)CC[C@@H]1c1ccccc1. The third-order valence-electron chi connectivity index (χ3n) is 6.74. The third-order valence-corrected chi connectivity index (χ3v) is 6.74. The Labute approximate surface area is 185 Å². The molecule has 1 saturated carbocycles. The first-order valence-electron chi connectivity index (χ1n) is 11.2. The number of carbonyl (C=O) groups is 1. The van der Waals surface area contributed by atoms with E-state index in [9.17, 15) is 4.79 Å². The lowest BCUT2D eigenvalue weighted by Gasteiger charge is -2.38. The molecule has 0 aliphatic heterocycles. The summed E-state index contributed by atoms with van der Waals surface area (Å²) < 4.78 is 5.34. The van der Waals surface area contributed by atoms with Gasteiger partial charge in [0, 0.05) is 18.6 Å². The molecule has 31 heavy (non-hydrogen) atoms. The van der Waals surface area contributed by atoms with Crippen LogP contribution < -0.4 is 0 Å². The van der Waals surface area contributed by atoms with Crippen LogP contribution in [0.3, 0.4) is 0 Å². The fourth-order valence-corrected chi connectivity index (χ4v) is 5.14. The number of carbonyl (C=O) groups excluding carboxylic acids is 1. The monoisotopic (exact) mass is 413 g/mol. The van der Waals surface area contributed by atoms with Crippen LogP contribution >= 0.6 is 0 Å². The number of ether oxygens (including phenoxy) is 1. The minimum atomic E-state index is -0.178. The van der Waals surface area contributed by atoms with E-state index in [0.717, 1.165) is 19.4 Å². The van der Waals surface area contributed by atoms with Crippen LogP contribution in [0.5, 0.6) is 0 Å². The van der Waals surface area contributed by atoms with E-state index in [4.69, 9.17) is 4.74 Å². The van der Waals surface area contributed by atoms with Crippen LogP contribution in [0.4, 0.5) is 0 Å². The molecule has 160 valence electrons. The number of esters is 1. The lowest BCUT2D eigenvalue weighted by Crippen LogP contribution is -2.43. The second kappa shape index (κ2) is 9.93. The van der Waals surface area contributed by atoms with E-state index in [1.165, 1.54) is 23.8 Å². The molecule has 0 N–H and O–H groups in total. The van der Waals surface area contributed by atoms with Crippen molar-refractivity contribution in [3.63, 3.8) is 0 Å². The number of rotatable bonds is 7. The quantitative estimate of drug-likeness (QED) is 0.446. The normalized spacial score (nSPS) is 21.7. The molecule has 0 saturated heterocycles. The first-order valence-corrected chi connectivity index (χ1v) is 11.2. The Bertz CT molecular complexity index is 958. The van der Waals surface area contributed by atoms with Gasteiger partial charge in [-0.1, -0.05) is 91.0 Å². The number of nitrogens with zero attached hydrogens (tertiary/aromatic N) is 1. The highest BCUT2D eigenvalue weighted by molar-refractivity contribution is 5.75. The maximum atomic E-state index is 13.1. The predicted octanol–water partition coefficient (Wildman–Crippen LogP) is 5.99. The van der Waals surface area contributed by atoms with E-state index >= 15 is 0 Å². The number of hydrogen-bond acceptors (Lipinski definition) is 3. The summed E-state index contributed by atoms with van der Waals surface area (Å²) >= 11 is 0. The Morgan fingerprint density at radius 1 is 0.903 bits per heavy atom. The van der Waals surface area contributed by atoms with E-state index < -0.39 is 0 Å². The molecule has 0 spiro atoms. The summed E-state index contributed by atoms with van der Waals surface area (Å²) in [5.41, 5.74) is 3.76. The molecule has 0 heterocycles. The molecule has 0 radical (unpaired) electrons. The summed E-state index contributed by atoms with van der Waals surface area (Å²) in [6.07, 6.45) is 1.96. The smallest absolute Gasteiger partial charge is 0.310 e. The summed E-state index contributed by atoms with van der Waals surface area (Å²) in [4.78, 5) is 15.6. The second-order valence-corrected chi connectivity index (χ2v) is 8.46. The van der Waals surface area contributed by atoms with Crippen molar-refractivity contribution in [2.75, 3.05) is 7.11 Å². The highest BCUT2D eigenvalue weighted by atomic mass is 16.5. The van der Waals surface area contributed by atoms with E-state index in [1.807, 2.05) is 12.1 Å². The fourth-order valence-electron chi connectivity index (χ4n) is 5.14. The van der Waals surface area contributed by atoms with Crippen LogP contribution in [-0.2, 0) is 16.1 Å². The van der Waals surface area contributed by atoms with Gasteiger partial charge in [0.05, 0.1) is 13.0 Å². The largest absolute Gasteiger partial charge is 0.469 e. The molecule has 3 heteroatoms. The topological polar surface area (TPSA) is 29.5 Å². The average molecular weight is 414 g/mol. The van der Waals surface area contributed by atoms with Gasteiger partial charge < -0.3 is 4.74 Å².